The lowest BCUT2D eigenvalue weighted by Gasteiger charge is -2.05. The summed E-state index contributed by atoms with van der Waals surface area (Å²) in [6, 6.07) is 18.0. The number of hydrogen-bond donors (Lipinski definition) is 2. The molecule has 9 heteroatoms. The monoisotopic (exact) mass is 447 g/mol. The van der Waals surface area contributed by atoms with Crippen LogP contribution in [0.25, 0.3) is 0 Å². The standard InChI is InChI=1S/C22H17N5O2S2/c28-18(15-6-2-1-3-7-15)13-25-21(29)17-12-16(9-11-23-17)30-20-14-26-22(31-20)27-19-8-4-5-10-24-19/h1-12,14H,13H2,(H,25,29)(H,24,26,27). The number of nitrogens with one attached hydrogen (secondary N) is 2. The number of carbonyl (C=O) groups is 2. The molecule has 3 aromatic heterocycles. The molecule has 154 valence electrons. The number of aromatic nitrogens is 3. The number of thiazole rings is 1. The number of rotatable bonds is 8. The Hall–Kier alpha value is -3.56. The third-order valence-corrected chi connectivity index (χ3v) is 6.08. The van der Waals surface area contributed by atoms with Crippen molar-refractivity contribution in [1.82, 2.24) is 20.3 Å². The molecule has 31 heavy (non-hydrogen) atoms. The van der Waals surface area contributed by atoms with E-state index in [0.717, 1.165) is 20.1 Å². The zero-order valence-electron chi connectivity index (χ0n) is 16.2. The Labute approximate surface area is 187 Å². The van der Waals surface area contributed by atoms with E-state index in [2.05, 4.69) is 25.6 Å². The lowest BCUT2D eigenvalue weighted by molar-refractivity contribution is 0.0900. The predicted molar refractivity (Wildman–Crippen MR) is 121 cm³/mol. The van der Waals surface area contributed by atoms with Gasteiger partial charge in [0.1, 0.15) is 11.5 Å². The van der Waals surface area contributed by atoms with Crippen LogP contribution in [0.1, 0.15) is 20.8 Å². The van der Waals surface area contributed by atoms with E-state index < -0.39 is 5.91 Å². The number of pyridine rings is 2. The van der Waals surface area contributed by atoms with E-state index in [9.17, 15) is 9.59 Å². The summed E-state index contributed by atoms with van der Waals surface area (Å²) in [6.45, 7) is -0.0840. The highest BCUT2D eigenvalue weighted by Crippen LogP contribution is 2.34. The summed E-state index contributed by atoms with van der Waals surface area (Å²) in [5.74, 6) is 0.173. The molecule has 1 aromatic carbocycles. The van der Waals surface area contributed by atoms with E-state index in [-0.39, 0.29) is 18.0 Å². The molecule has 4 aromatic rings. The zero-order valence-corrected chi connectivity index (χ0v) is 17.8. The van der Waals surface area contributed by atoms with E-state index in [0.29, 0.717) is 5.56 Å². The number of ketones is 1. The Morgan fingerprint density at radius 2 is 1.77 bits per heavy atom. The molecule has 0 aliphatic carbocycles. The lowest BCUT2D eigenvalue weighted by Crippen LogP contribution is -2.30. The van der Waals surface area contributed by atoms with Gasteiger partial charge in [0.2, 0.25) is 0 Å². The molecule has 0 aliphatic rings. The molecule has 0 aliphatic heterocycles. The third-order valence-electron chi connectivity index (χ3n) is 4.07. The van der Waals surface area contributed by atoms with Gasteiger partial charge < -0.3 is 10.6 Å². The van der Waals surface area contributed by atoms with Crippen LogP contribution < -0.4 is 10.6 Å². The molecule has 0 saturated carbocycles. The molecule has 0 bridgehead atoms. The molecule has 0 radical (unpaired) electrons. The van der Waals surface area contributed by atoms with Gasteiger partial charge in [0.25, 0.3) is 5.91 Å². The van der Waals surface area contributed by atoms with E-state index in [1.807, 2.05) is 30.3 Å². The van der Waals surface area contributed by atoms with Crippen LogP contribution in [0.5, 0.6) is 0 Å². The number of Topliss-reactive ketones (excluding diaryl/α,β-unsaturated/α-hetero) is 1. The van der Waals surface area contributed by atoms with Gasteiger partial charge in [-0.1, -0.05) is 59.5 Å². The van der Waals surface area contributed by atoms with Crippen LogP contribution in [-0.2, 0) is 0 Å². The number of carbonyl (C=O) groups excluding carboxylic acids is 2. The topological polar surface area (TPSA) is 96.9 Å². The van der Waals surface area contributed by atoms with Gasteiger partial charge in [0.05, 0.1) is 17.0 Å². The van der Waals surface area contributed by atoms with Crippen molar-refractivity contribution in [1.29, 1.82) is 0 Å². The SMILES string of the molecule is O=C(CNC(=O)c1cc(Sc2cnc(Nc3ccccn3)s2)ccn1)c1ccccc1. The summed E-state index contributed by atoms with van der Waals surface area (Å²) in [5.41, 5.74) is 0.808. The van der Waals surface area contributed by atoms with Crippen molar-refractivity contribution >= 4 is 45.7 Å². The minimum Gasteiger partial charge on any atom is -0.343 e. The molecule has 1 amide bonds. The van der Waals surface area contributed by atoms with Crippen molar-refractivity contribution in [2.24, 2.45) is 0 Å². The van der Waals surface area contributed by atoms with Crippen LogP contribution in [0, 0.1) is 0 Å². The summed E-state index contributed by atoms with van der Waals surface area (Å²) in [4.78, 5) is 38.1. The second-order valence-corrected chi connectivity index (χ2v) is 8.68. The van der Waals surface area contributed by atoms with Crippen molar-refractivity contribution in [3.63, 3.8) is 0 Å². The Balaban J connectivity index is 1.36. The molecule has 0 unspecified atom stereocenters. The summed E-state index contributed by atoms with van der Waals surface area (Å²) < 4.78 is 0.954. The van der Waals surface area contributed by atoms with Gasteiger partial charge in [-0.2, -0.15) is 0 Å². The quantitative estimate of drug-likeness (QED) is 0.385. The summed E-state index contributed by atoms with van der Waals surface area (Å²) in [5, 5.41) is 6.52. The molecule has 2 N–H and O–H groups in total. The maximum absolute atomic E-state index is 12.4. The fraction of sp³-hybridized carbons (Fsp3) is 0.0455. The van der Waals surface area contributed by atoms with Gasteiger partial charge >= 0.3 is 0 Å². The molecule has 7 nitrogen and oxygen atoms in total. The second kappa shape index (κ2) is 9.96. The predicted octanol–water partition coefficient (Wildman–Crippen LogP) is 4.44. The normalized spacial score (nSPS) is 10.5. The van der Waals surface area contributed by atoms with Crippen LogP contribution in [0.15, 0.2) is 88.4 Å². The zero-order chi connectivity index (χ0) is 21.5. The highest BCUT2D eigenvalue weighted by molar-refractivity contribution is 8.01. The van der Waals surface area contributed by atoms with Gasteiger partial charge in [-0.25, -0.2) is 9.97 Å². The van der Waals surface area contributed by atoms with Crippen molar-refractivity contribution in [3.8, 4) is 0 Å². The smallest absolute Gasteiger partial charge is 0.270 e. The highest BCUT2D eigenvalue weighted by atomic mass is 32.2. The minimum absolute atomic E-state index is 0.0840. The van der Waals surface area contributed by atoms with E-state index in [1.54, 1.807) is 48.9 Å². The first kappa shape index (κ1) is 20.7. The van der Waals surface area contributed by atoms with E-state index >= 15 is 0 Å². The lowest BCUT2D eigenvalue weighted by atomic mass is 10.1. The average Bonchev–Trinajstić information content (AvgIpc) is 3.25. The summed E-state index contributed by atoms with van der Waals surface area (Å²) >= 11 is 2.96. The second-order valence-electron chi connectivity index (χ2n) is 6.28. The molecule has 4 rings (SSSR count). The first-order valence-corrected chi connectivity index (χ1v) is 10.9. The number of benzene rings is 1. The fourth-order valence-electron chi connectivity index (χ4n) is 2.60. The molecule has 0 fully saturated rings. The molecular formula is C22H17N5O2S2. The Morgan fingerprint density at radius 1 is 0.935 bits per heavy atom. The van der Waals surface area contributed by atoms with Crippen molar-refractivity contribution in [2.45, 2.75) is 9.10 Å². The van der Waals surface area contributed by atoms with Crippen LogP contribution in [0.3, 0.4) is 0 Å². The van der Waals surface area contributed by atoms with Crippen LogP contribution in [-0.4, -0.2) is 33.2 Å². The van der Waals surface area contributed by atoms with Crippen LogP contribution in [0.2, 0.25) is 0 Å². The van der Waals surface area contributed by atoms with Crippen molar-refractivity contribution in [2.75, 3.05) is 11.9 Å². The first-order chi connectivity index (χ1) is 15.2. The Bertz CT molecular complexity index is 1180. The largest absolute Gasteiger partial charge is 0.343 e. The van der Waals surface area contributed by atoms with Gasteiger partial charge in [-0.3, -0.25) is 14.6 Å². The minimum atomic E-state index is -0.395. The number of hydrogen-bond acceptors (Lipinski definition) is 8. The number of amides is 1. The highest BCUT2D eigenvalue weighted by Gasteiger charge is 2.12. The van der Waals surface area contributed by atoms with Crippen LogP contribution in [0.4, 0.5) is 10.9 Å². The average molecular weight is 448 g/mol. The van der Waals surface area contributed by atoms with Crippen molar-refractivity contribution in [3.05, 3.63) is 90.5 Å². The number of anilines is 2. The molecular weight excluding hydrogens is 430 g/mol. The van der Waals surface area contributed by atoms with Gasteiger partial charge in [-0.15, -0.1) is 0 Å². The molecule has 0 spiro atoms. The molecule has 0 saturated heterocycles. The first-order valence-electron chi connectivity index (χ1n) is 9.31. The van der Waals surface area contributed by atoms with E-state index in [1.165, 1.54) is 23.1 Å². The maximum Gasteiger partial charge on any atom is 0.270 e. The van der Waals surface area contributed by atoms with Gasteiger partial charge in [0.15, 0.2) is 10.9 Å². The number of nitrogens with zero attached hydrogens (tertiary/aromatic N) is 3. The van der Waals surface area contributed by atoms with Gasteiger partial charge in [-0.05, 0) is 24.3 Å². The molecule has 3 heterocycles. The third kappa shape index (κ3) is 5.74. The van der Waals surface area contributed by atoms with Crippen LogP contribution >= 0.6 is 23.1 Å². The maximum atomic E-state index is 12.4. The fourth-order valence-corrected chi connectivity index (χ4v) is 4.49. The summed E-state index contributed by atoms with van der Waals surface area (Å²) in [6.07, 6.45) is 5.05. The Kier molecular flexibility index (Phi) is 6.65. The van der Waals surface area contributed by atoms with Gasteiger partial charge in [0, 0.05) is 22.9 Å². The Morgan fingerprint density at radius 3 is 2.58 bits per heavy atom. The van der Waals surface area contributed by atoms with E-state index in [4.69, 9.17) is 0 Å². The molecule has 0 atom stereocenters. The summed E-state index contributed by atoms with van der Waals surface area (Å²) in [7, 11) is 0. The van der Waals surface area contributed by atoms with Crippen molar-refractivity contribution < 1.29 is 9.59 Å².